The van der Waals surface area contributed by atoms with Crippen molar-refractivity contribution in [3.8, 4) is 5.88 Å². The highest BCUT2D eigenvalue weighted by Gasteiger charge is 2.10. The highest BCUT2D eigenvalue weighted by Crippen LogP contribution is 2.14. The van der Waals surface area contributed by atoms with E-state index in [1.165, 1.54) is 18.9 Å². The summed E-state index contributed by atoms with van der Waals surface area (Å²) >= 11 is 1.24. The first-order valence-corrected chi connectivity index (χ1v) is 4.60. The molecule has 0 aliphatic carbocycles. The average molecular weight is 200 g/mol. The van der Waals surface area contributed by atoms with Crippen LogP contribution in [0.2, 0.25) is 0 Å². The van der Waals surface area contributed by atoms with E-state index in [0.29, 0.717) is 5.16 Å². The molecule has 13 heavy (non-hydrogen) atoms. The smallest absolute Gasteiger partial charge is 0.356 e. The third-order valence-corrected chi connectivity index (χ3v) is 1.82. The fraction of sp³-hybridized carbons (Fsp3) is 0.286. The molecule has 0 bridgehead atoms. The summed E-state index contributed by atoms with van der Waals surface area (Å²) in [6.07, 6.45) is 1.75. The molecule has 1 N–H and O–H groups in total. The first-order valence-electron chi connectivity index (χ1n) is 3.37. The van der Waals surface area contributed by atoms with Crippen LogP contribution in [0.4, 0.5) is 0 Å². The molecule has 1 aromatic heterocycles. The molecule has 0 aliphatic rings. The van der Waals surface area contributed by atoms with Gasteiger partial charge < -0.3 is 9.84 Å². The molecular formula is C7H8N2O3S. The van der Waals surface area contributed by atoms with Crippen molar-refractivity contribution < 1.29 is 14.6 Å². The van der Waals surface area contributed by atoms with Gasteiger partial charge in [0.2, 0.25) is 5.88 Å². The van der Waals surface area contributed by atoms with E-state index in [2.05, 4.69) is 14.7 Å². The highest BCUT2D eigenvalue weighted by molar-refractivity contribution is 7.98. The van der Waals surface area contributed by atoms with Crippen LogP contribution in [0, 0.1) is 0 Å². The molecule has 0 fully saturated rings. The molecule has 0 aromatic carbocycles. The van der Waals surface area contributed by atoms with Gasteiger partial charge in [0.25, 0.3) is 0 Å². The van der Waals surface area contributed by atoms with E-state index in [-0.39, 0.29) is 11.6 Å². The van der Waals surface area contributed by atoms with Crippen LogP contribution in [0.25, 0.3) is 0 Å². The molecule has 0 radical (unpaired) electrons. The van der Waals surface area contributed by atoms with Crippen LogP contribution in [0.5, 0.6) is 5.88 Å². The van der Waals surface area contributed by atoms with Crippen LogP contribution in [0.15, 0.2) is 11.2 Å². The Bertz CT molecular complexity index is 330. The van der Waals surface area contributed by atoms with Gasteiger partial charge in [-0.1, -0.05) is 11.8 Å². The zero-order valence-electron chi connectivity index (χ0n) is 7.14. The maximum absolute atomic E-state index is 11.0. The van der Waals surface area contributed by atoms with E-state index in [4.69, 9.17) is 5.11 Å². The lowest BCUT2D eigenvalue weighted by Crippen LogP contribution is -2.05. The van der Waals surface area contributed by atoms with Crippen LogP contribution >= 0.6 is 11.8 Å². The topological polar surface area (TPSA) is 72.3 Å². The maximum Gasteiger partial charge on any atom is 0.356 e. The Morgan fingerprint density at radius 2 is 2.31 bits per heavy atom. The fourth-order valence-electron chi connectivity index (χ4n) is 0.713. The summed E-state index contributed by atoms with van der Waals surface area (Å²) in [5, 5.41) is 9.43. The number of aromatic nitrogens is 2. The molecule has 0 amide bonds. The van der Waals surface area contributed by atoms with Crippen molar-refractivity contribution in [2.45, 2.75) is 5.16 Å². The molecule has 0 spiro atoms. The standard InChI is InChI=1S/C7H8N2O3S/c1-12-6(11)4-3-5(10)9-7(8-4)13-2/h3H,1-2H3,(H,8,9,10). The summed E-state index contributed by atoms with van der Waals surface area (Å²) < 4.78 is 4.44. The zero-order valence-corrected chi connectivity index (χ0v) is 7.96. The molecule has 1 rings (SSSR count). The number of nitrogens with zero attached hydrogens (tertiary/aromatic N) is 2. The Hall–Kier alpha value is -1.30. The lowest BCUT2D eigenvalue weighted by molar-refractivity contribution is 0.0592. The number of carbonyl (C=O) groups is 1. The van der Waals surface area contributed by atoms with Gasteiger partial charge in [0.05, 0.1) is 7.11 Å². The molecule has 1 heterocycles. The number of rotatable bonds is 2. The van der Waals surface area contributed by atoms with Gasteiger partial charge >= 0.3 is 5.97 Å². The van der Waals surface area contributed by atoms with Crippen molar-refractivity contribution in [1.82, 2.24) is 9.97 Å². The third kappa shape index (κ3) is 2.32. The number of carbonyl (C=O) groups excluding carboxylic acids is 1. The van der Waals surface area contributed by atoms with Gasteiger partial charge in [-0.05, 0) is 6.26 Å². The van der Waals surface area contributed by atoms with E-state index in [1.54, 1.807) is 6.26 Å². The first kappa shape index (κ1) is 9.79. The second-order valence-electron chi connectivity index (χ2n) is 2.09. The molecule has 0 saturated carbocycles. The normalized spacial score (nSPS) is 9.69. The van der Waals surface area contributed by atoms with Gasteiger partial charge in [0.1, 0.15) is 0 Å². The fourth-order valence-corrected chi connectivity index (χ4v) is 1.09. The zero-order chi connectivity index (χ0) is 9.84. The Morgan fingerprint density at radius 3 is 2.85 bits per heavy atom. The maximum atomic E-state index is 11.0. The number of hydrogen-bond donors (Lipinski definition) is 1. The lowest BCUT2D eigenvalue weighted by atomic mass is 10.4. The summed E-state index contributed by atoms with van der Waals surface area (Å²) in [5.41, 5.74) is 0.0550. The van der Waals surface area contributed by atoms with Gasteiger partial charge in [-0.15, -0.1) is 0 Å². The van der Waals surface area contributed by atoms with Crippen LogP contribution in [0.1, 0.15) is 10.5 Å². The Morgan fingerprint density at radius 1 is 1.62 bits per heavy atom. The lowest BCUT2D eigenvalue weighted by Gasteiger charge is -2.00. The van der Waals surface area contributed by atoms with Crippen molar-refractivity contribution in [2.24, 2.45) is 0 Å². The van der Waals surface area contributed by atoms with E-state index >= 15 is 0 Å². The second kappa shape index (κ2) is 4.08. The minimum Gasteiger partial charge on any atom is -0.493 e. The molecule has 0 atom stereocenters. The summed E-state index contributed by atoms with van der Waals surface area (Å²) in [5.74, 6) is -0.826. The SMILES string of the molecule is COC(=O)c1cc(O)nc(SC)n1. The third-order valence-electron chi connectivity index (χ3n) is 1.27. The molecule has 0 saturated heterocycles. The second-order valence-corrected chi connectivity index (χ2v) is 2.86. The van der Waals surface area contributed by atoms with Crippen molar-refractivity contribution >= 4 is 17.7 Å². The highest BCUT2D eigenvalue weighted by atomic mass is 32.2. The molecule has 6 heteroatoms. The number of thioether (sulfide) groups is 1. The van der Waals surface area contributed by atoms with Gasteiger partial charge in [-0.3, -0.25) is 0 Å². The first-order chi connectivity index (χ1) is 6.17. The number of esters is 1. The van der Waals surface area contributed by atoms with E-state index in [0.717, 1.165) is 6.07 Å². The molecule has 70 valence electrons. The van der Waals surface area contributed by atoms with E-state index in [1.807, 2.05) is 0 Å². The molecular weight excluding hydrogens is 192 g/mol. The van der Waals surface area contributed by atoms with Gasteiger partial charge in [-0.2, -0.15) is 4.98 Å². The van der Waals surface area contributed by atoms with Crippen molar-refractivity contribution in [1.29, 1.82) is 0 Å². The minimum atomic E-state index is -0.590. The molecule has 5 nitrogen and oxygen atoms in total. The average Bonchev–Trinajstić information content (AvgIpc) is 2.15. The van der Waals surface area contributed by atoms with Crippen molar-refractivity contribution in [2.75, 3.05) is 13.4 Å². The van der Waals surface area contributed by atoms with E-state index < -0.39 is 5.97 Å². The molecule has 0 aliphatic heterocycles. The van der Waals surface area contributed by atoms with Crippen LogP contribution < -0.4 is 0 Å². The summed E-state index contributed by atoms with van der Waals surface area (Å²) in [4.78, 5) is 18.5. The predicted molar refractivity (Wildman–Crippen MR) is 46.8 cm³/mol. The van der Waals surface area contributed by atoms with Gasteiger partial charge in [0.15, 0.2) is 10.9 Å². The summed E-state index contributed by atoms with van der Waals surface area (Å²) in [7, 11) is 1.25. The Kier molecular flexibility index (Phi) is 3.07. The predicted octanol–water partition coefficient (Wildman–Crippen LogP) is 0.691. The van der Waals surface area contributed by atoms with Crippen molar-refractivity contribution in [3.05, 3.63) is 11.8 Å². The minimum absolute atomic E-state index is 0.0550. The quantitative estimate of drug-likeness (QED) is 0.430. The van der Waals surface area contributed by atoms with Crippen LogP contribution in [-0.2, 0) is 4.74 Å². The van der Waals surface area contributed by atoms with E-state index in [9.17, 15) is 4.79 Å². The van der Waals surface area contributed by atoms with Gasteiger partial charge in [0, 0.05) is 6.07 Å². The molecule has 0 unspecified atom stereocenters. The monoisotopic (exact) mass is 200 g/mol. The van der Waals surface area contributed by atoms with Crippen LogP contribution in [-0.4, -0.2) is 34.4 Å². The van der Waals surface area contributed by atoms with Crippen LogP contribution in [0.3, 0.4) is 0 Å². The number of ether oxygens (including phenoxy) is 1. The van der Waals surface area contributed by atoms with Crippen molar-refractivity contribution in [3.63, 3.8) is 0 Å². The number of hydrogen-bond acceptors (Lipinski definition) is 6. The molecule has 1 aromatic rings. The number of methoxy groups -OCH3 is 1. The Balaban J connectivity index is 3.08. The number of aromatic hydroxyl groups is 1. The summed E-state index contributed by atoms with van der Waals surface area (Å²) in [6.45, 7) is 0. The Labute approximate surface area is 79.2 Å². The summed E-state index contributed by atoms with van der Waals surface area (Å²) in [6, 6.07) is 1.16. The van der Waals surface area contributed by atoms with Gasteiger partial charge in [-0.25, -0.2) is 9.78 Å². The largest absolute Gasteiger partial charge is 0.493 e.